The molecule has 3 rings (SSSR count). The van der Waals surface area contributed by atoms with Crippen LogP contribution in [-0.4, -0.2) is 61.2 Å². The van der Waals surface area contributed by atoms with Gasteiger partial charge in [0, 0.05) is 31.5 Å². The Bertz CT molecular complexity index is 835. The molecule has 1 heterocycles. The summed E-state index contributed by atoms with van der Waals surface area (Å²) in [5.74, 6) is 0.237. The molecule has 3 aliphatic rings. The fourth-order valence-corrected chi connectivity index (χ4v) is 4.21. The third-order valence-electron chi connectivity index (χ3n) is 6.22. The van der Waals surface area contributed by atoms with E-state index < -0.39 is 0 Å². The first kappa shape index (κ1) is 24.4. The predicted octanol–water partition coefficient (Wildman–Crippen LogP) is 3.63. The second kappa shape index (κ2) is 10.6. The van der Waals surface area contributed by atoms with Gasteiger partial charge in [-0.3, -0.25) is 14.6 Å². The van der Waals surface area contributed by atoms with Crippen molar-refractivity contribution in [2.75, 3.05) is 32.9 Å². The van der Waals surface area contributed by atoms with E-state index in [4.69, 9.17) is 14.5 Å². The van der Waals surface area contributed by atoms with Crippen molar-refractivity contribution in [2.24, 2.45) is 16.3 Å². The Labute approximate surface area is 190 Å². The highest BCUT2D eigenvalue weighted by molar-refractivity contribution is 6.24. The summed E-state index contributed by atoms with van der Waals surface area (Å²) in [7, 11) is 0. The van der Waals surface area contributed by atoms with Gasteiger partial charge in [0.05, 0.1) is 36.8 Å². The Hall–Kier alpha value is -2.28. The molecule has 3 fully saturated rings. The highest BCUT2D eigenvalue weighted by Crippen LogP contribution is 2.38. The summed E-state index contributed by atoms with van der Waals surface area (Å²) in [5.41, 5.74) is 1.88. The van der Waals surface area contributed by atoms with Gasteiger partial charge in [0.25, 0.3) is 0 Å². The molecule has 0 N–H and O–H groups in total. The van der Waals surface area contributed by atoms with Crippen molar-refractivity contribution in [1.82, 2.24) is 4.90 Å². The van der Waals surface area contributed by atoms with Crippen molar-refractivity contribution in [3.63, 3.8) is 0 Å². The van der Waals surface area contributed by atoms with Gasteiger partial charge in [0.2, 0.25) is 5.91 Å². The molecule has 1 amide bonds. The van der Waals surface area contributed by atoms with Crippen molar-refractivity contribution in [3.8, 4) is 0 Å². The van der Waals surface area contributed by atoms with Gasteiger partial charge in [-0.05, 0) is 50.4 Å². The molecule has 176 valence electrons. The standard InChI is InChI=1S/C25H36N2O5/c1-5-32-24(30)19(13-18-8-9-18)21(16-31-12-11-27-10-6-7-23(27)29)26-20-14-25(3,4)15-22(28)17(20)2/h18H,2,5-16H2,1,3-4H3/b21-19+,26-20?. The van der Waals surface area contributed by atoms with E-state index in [1.165, 1.54) is 0 Å². The number of carbonyl (C=O) groups is 3. The molecule has 7 heteroatoms. The molecule has 0 bridgehead atoms. The lowest BCUT2D eigenvalue weighted by molar-refractivity contribution is -0.138. The van der Waals surface area contributed by atoms with Crippen molar-refractivity contribution >= 4 is 23.4 Å². The molecular weight excluding hydrogens is 408 g/mol. The Kier molecular flexibility index (Phi) is 8.04. The van der Waals surface area contributed by atoms with Gasteiger partial charge in [-0.25, -0.2) is 4.79 Å². The fraction of sp³-hybridized carbons (Fsp3) is 0.680. The number of allylic oxidation sites excluding steroid dienone is 1. The fourth-order valence-electron chi connectivity index (χ4n) is 4.21. The number of aliphatic imine (C=N–C) groups is 1. The molecule has 0 aromatic carbocycles. The highest BCUT2D eigenvalue weighted by Gasteiger charge is 2.34. The van der Waals surface area contributed by atoms with Gasteiger partial charge in [0.1, 0.15) is 0 Å². The summed E-state index contributed by atoms with van der Waals surface area (Å²) in [6, 6.07) is 0. The van der Waals surface area contributed by atoms with Crippen LogP contribution in [0.3, 0.4) is 0 Å². The lowest BCUT2D eigenvalue weighted by Crippen LogP contribution is -2.31. The van der Waals surface area contributed by atoms with Crippen LogP contribution in [0, 0.1) is 11.3 Å². The van der Waals surface area contributed by atoms with Crippen LogP contribution in [-0.2, 0) is 23.9 Å². The maximum Gasteiger partial charge on any atom is 0.335 e. The number of hydrogen-bond donors (Lipinski definition) is 0. The molecule has 0 unspecified atom stereocenters. The smallest absolute Gasteiger partial charge is 0.335 e. The zero-order chi connectivity index (χ0) is 23.3. The zero-order valence-corrected chi connectivity index (χ0v) is 19.7. The molecule has 0 aromatic rings. The Balaban J connectivity index is 1.83. The first-order chi connectivity index (χ1) is 15.2. The van der Waals surface area contributed by atoms with Crippen molar-refractivity contribution in [2.45, 2.75) is 65.7 Å². The molecule has 2 aliphatic carbocycles. The van der Waals surface area contributed by atoms with Gasteiger partial charge >= 0.3 is 5.97 Å². The minimum absolute atomic E-state index is 0.00677. The lowest BCUT2D eigenvalue weighted by atomic mass is 9.74. The molecule has 1 aliphatic heterocycles. The van der Waals surface area contributed by atoms with Crippen LogP contribution in [0.25, 0.3) is 0 Å². The SMILES string of the molecule is C=C1C(=O)CC(C)(C)CC1=N/C(COCCN1CCCC1=O)=C(\CC1CC1)C(=O)OCC. The highest BCUT2D eigenvalue weighted by atomic mass is 16.5. The van der Waals surface area contributed by atoms with Crippen LogP contribution in [0.2, 0.25) is 0 Å². The number of carbonyl (C=O) groups excluding carboxylic acids is 3. The van der Waals surface area contributed by atoms with Gasteiger partial charge in [0.15, 0.2) is 5.78 Å². The molecule has 32 heavy (non-hydrogen) atoms. The van der Waals surface area contributed by atoms with E-state index in [1.807, 2.05) is 13.8 Å². The first-order valence-electron chi connectivity index (χ1n) is 11.7. The normalized spacial score (nSPS) is 23.0. The van der Waals surface area contributed by atoms with Gasteiger partial charge in [-0.2, -0.15) is 0 Å². The summed E-state index contributed by atoms with van der Waals surface area (Å²) < 4.78 is 11.2. The summed E-state index contributed by atoms with van der Waals surface area (Å²) in [4.78, 5) is 43.7. The largest absolute Gasteiger partial charge is 0.463 e. The Morgan fingerprint density at radius 1 is 1.25 bits per heavy atom. The van der Waals surface area contributed by atoms with E-state index in [1.54, 1.807) is 11.8 Å². The summed E-state index contributed by atoms with van der Waals surface area (Å²) in [6.07, 6.45) is 5.31. The molecule has 1 saturated heterocycles. The minimum Gasteiger partial charge on any atom is -0.463 e. The van der Waals surface area contributed by atoms with E-state index in [-0.39, 0.29) is 36.3 Å². The average Bonchev–Trinajstić information content (AvgIpc) is 3.46. The number of esters is 1. The van der Waals surface area contributed by atoms with E-state index in [2.05, 4.69) is 6.58 Å². The maximum absolute atomic E-state index is 12.8. The molecule has 7 nitrogen and oxygen atoms in total. The Morgan fingerprint density at radius 2 is 2.00 bits per heavy atom. The number of amides is 1. The second-order valence-corrected chi connectivity index (χ2v) is 9.81. The van der Waals surface area contributed by atoms with Crippen LogP contribution in [0.5, 0.6) is 0 Å². The number of ether oxygens (including phenoxy) is 2. The number of nitrogens with zero attached hydrogens (tertiary/aromatic N) is 2. The molecule has 0 aromatic heterocycles. The van der Waals surface area contributed by atoms with Crippen LogP contribution < -0.4 is 0 Å². The molecular formula is C25H36N2O5. The molecule has 0 radical (unpaired) electrons. The third kappa shape index (κ3) is 6.61. The lowest BCUT2D eigenvalue weighted by Gasteiger charge is -2.30. The van der Waals surface area contributed by atoms with E-state index in [9.17, 15) is 14.4 Å². The van der Waals surface area contributed by atoms with Crippen LogP contribution in [0.15, 0.2) is 28.4 Å². The number of Topliss-reactive ketones (excluding diaryl/α,β-unsaturated/α-hetero) is 1. The quantitative estimate of drug-likeness (QED) is 0.292. The summed E-state index contributed by atoms with van der Waals surface area (Å²) >= 11 is 0. The monoisotopic (exact) mass is 444 g/mol. The van der Waals surface area contributed by atoms with Gasteiger partial charge in [-0.15, -0.1) is 0 Å². The van der Waals surface area contributed by atoms with Gasteiger partial charge < -0.3 is 14.4 Å². The van der Waals surface area contributed by atoms with E-state index in [0.29, 0.717) is 67.3 Å². The maximum atomic E-state index is 12.8. The molecule has 2 saturated carbocycles. The van der Waals surface area contributed by atoms with Crippen molar-refractivity contribution in [3.05, 3.63) is 23.4 Å². The van der Waals surface area contributed by atoms with Crippen LogP contribution >= 0.6 is 0 Å². The van der Waals surface area contributed by atoms with E-state index >= 15 is 0 Å². The summed E-state index contributed by atoms with van der Waals surface area (Å²) in [5, 5.41) is 0. The first-order valence-corrected chi connectivity index (χ1v) is 11.7. The van der Waals surface area contributed by atoms with Crippen LogP contribution in [0.1, 0.15) is 65.7 Å². The van der Waals surface area contributed by atoms with Crippen molar-refractivity contribution in [1.29, 1.82) is 0 Å². The topological polar surface area (TPSA) is 85.3 Å². The summed E-state index contributed by atoms with van der Waals surface area (Å²) in [6.45, 7) is 11.9. The third-order valence-corrected chi connectivity index (χ3v) is 6.22. The van der Waals surface area contributed by atoms with Crippen molar-refractivity contribution < 1.29 is 23.9 Å². The van der Waals surface area contributed by atoms with Crippen LogP contribution in [0.4, 0.5) is 0 Å². The van der Waals surface area contributed by atoms with E-state index in [0.717, 1.165) is 25.8 Å². The second-order valence-electron chi connectivity index (χ2n) is 9.81. The number of hydrogen-bond acceptors (Lipinski definition) is 6. The number of likely N-dealkylation sites (tertiary alicyclic amines) is 1. The average molecular weight is 445 g/mol. The van der Waals surface area contributed by atoms with Gasteiger partial charge in [-0.1, -0.05) is 20.4 Å². The molecule has 0 atom stereocenters. The number of rotatable bonds is 10. The number of ketones is 1. The minimum atomic E-state index is -0.371. The molecule has 0 spiro atoms. The zero-order valence-electron chi connectivity index (χ0n) is 19.7. The predicted molar refractivity (Wildman–Crippen MR) is 122 cm³/mol. The Morgan fingerprint density at radius 3 is 2.62 bits per heavy atom.